The number of carbonyl (C=O) groups is 1. The lowest BCUT2D eigenvalue weighted by atomic mass is 10.0. The van der Waals surface area contributed by atoms with Crippen molar-refractivity contribution >= 4 is 5.91 Å². The largest absolute Gasteiger partial charge is 0.354 e. The summed E-state index contributed by atoms with van der Waals surface area (Å²) in [6, 6.07) is 3.88. The molecule has 3 N–H and O–H groups in total. The van der Waals surface area contributed by atoms with Gasteiger partial charge in [-0.2, -0.15) is 0 Å². The van der Waals surface area contributed by atoms with Crippen LogP contribution < -0.4 is 11.1 Å². The Morgan fingerprint density at radius 1 is 1.44 bits per heavy atom. The number of aromatic nitrogens is 1. The Hall–Kier alpha value is -1.29. The first-order chi connectivity index (χ1) is 8.41. The molecule has 0 aromatic carbocycles. The summed E-state index contributed by atoms with van der Waals surface area (Å²) < 4.78 is 2.11. The Morgan fingerprint density at radius 2 is 2.11 bits per heavy atom. The fourth-order valence-corrected chi connectivity index (χ4v) is 1.83. The second kappa shape index (κ2) is 6.59. The predicted octanol–water partition coefficient (Wildman–Crippen LogP) is 1.45. The number of aryl methyl sites for hydroxylation is 2. The molecule has 1 heterocycles. The number of nitrogens with zero attached hydrogens (tertiary/aromatic N) is 1. The highest BCUT2D eigenvalue weighted by atomic mass is 16.2. The zero-order chi connectivity index (χ0) is 13.7. The molecule has 1 rings (SSSR count). The van der Waals surface area contributed by atoms with Crippen molar-refractivity contribution in [2.75, 3.05) is 0 Å². The Labute approximate surface area is 110 Å². The Balaban J connectivity index is 2.36. The van der Waals surface area contributed by atoms with Gasteiger partial charge in [-0.05, 0) is 37.8 Å². The fraction of sp³-hybridized carbons (Fsp3) is 0.643. The molecular weight excluding hydrogens is 226 g/mol. The molecule has 1 unspecified atom stereocenters. The van der Waals surface area contributed by atoms with Crippen LogP contribution in [0.25, 0.3) is 0 Å². The van der Waals surface area contributed by atoms with E-state index in [4.69, 9.17) is 5.73 Å². The van der Waals surface area contributed by atoms with Crippen molar-refractivity contribution in [1.29, 1.82) is 0 Å². The molecule has 0 saturated heterocycles. The van der Waals surface area contributed by atoms with E-state index in [2.05, 4.69) is 16.0 Å². The third-order valence-corrected chi connectivity index (χ3v) is 3.29. The standard InChI is InChI=1S/C14H25N3O/c1-10(2)13(15)14(18)16-11(3)7-8-12-6-5-9-17(12)4/h5-6,9-11,13H,7-8,15H2,1-4H3,(H,16,18)/t11?,13-/m0/s1. The van der Waals surface area contributed by atoms with Crippen LogP contribution in [0.15, 0.2) is 18.3 Å². The highest BCUT2D eigenvalue weighted by Gasteiger charge is 2.18. The van der Waals surface area contributed by atoms with E-state index < -0.39 is 6.04 Å². The van der Waals surface area contributed by atoms with Crippen molar-refractivity contribution < 1.29 is 4.79 Å². The van der Waals surface area contributed by atoms with Gasteiger partial charge in [0.15, 0.2) is 0 Å². The first kappa shape index (κ1) is 14.8. The molecule has 0 aliphatic carbocycles. The van der Waals surface area contributed by atoms with Crippen LogP contribution in [-0.2, 0) is 18.3 Å². The molecule has 0 bridgehead atoms. The molecule has 102 valence electrons. The van der Waals surface area contributed by atoms with Gasteiger partial charge in [-0.25, -0.2) is 0 Å². The smallest absolute Gasteiger partial charge is 0.237 e. The highest BCUT2D eigenvalue weighted by Crippen LogP contribution is 2.06. The van der Waals surface area contributed by atoms with Crippen molar-refractivity contribution in [2.24, 2.45) is 18.7 Å². The van der Waals surface area contributed by atoms with Gasteiger partial charge < -0.3 is 15.6 Å². The van der Waals surface area contributed by atoms with Gasteiger partial charge in [-0.1, -0.05) is 13.8 Å². The minimum atomic E-state index is -0.414. The molecule has 2 atom stereocenters. The summed E-state index contributed by atoms with van der Waals surface area (Å²) in [4.78, 5) is 11.8. The lowest BCUT2D eigenvalue weighted by molar-refractivity contribution is -0.123. The van der Waals surface area contributed by atoms with Crippen LogP contribution in [0.1, 0.15) is 32.9 Å². The third kappa shape index (κ3) is 4.18. The van der Waals surface area contributed by atoms with Crippen molar-refractivity contribution in [2.45, 2.75) is 45.7 Å². The summed E-state index contributed by atoms with van der Waals surface area (Å²) in [5, 5.41) is 2.97. The van der Waals surface area contributed by atoms with Crippen LogP contribution in [0, 0.1) is 5.92 Å². The lowest BCUT2D eigenvalue weighted by Gasteiger charge is -2.19. The maximum atomic E-state index is 11.8. The van der Waals surface area contributed by atoms with Gasteiger partial charge >= 0.3 is 0 Å². The molecule has 1 aromatic rings. The first-order valence-corrected chi connectivity index (χ1v) is 6.58. The van der Waals surface area contributed by atoms with Gasteiger partial charge in [-0.15, -0.1) is 0 Å². The van der Waals surface area contributed by atoms with Crippen LogP contribution >= 0.6 is 0 Å². The fourth-order valence-electron chi connectivity index (χ4n) is 1.83. The zero-order valence-electron chi connectivity index (χ0n) is 11.8. The Kier molecular flexibility index (Phi) is 5.41. The van der Waals surface area contributed by atoms with Gasteiger partial charge in [0.1, 0.15) is 0 Å². The van der Waals surface area contributed by atoms with Crippen molar-refractivity contribution in [3.8, 4) is 0 Å². The third-order valence-electron chi connectivity index (χ3n) is 3.29. The highest BCUT2D eigenvalue weighted by molar-refractivity contribution is 5.81. The summed E-state index contributed by atoms with van der Waals surface area (Å²) >= 11 is 0. The zero-order valence-corrected chi connectivity index (χ0v) is 11.8. The van der Waals surface area contributed by atoms with Gasteiger partial charge in [-0.3, -0.25) is 4.79 Å². The van der Waals surface area contributed by atoms with Crippen LogP contribution in [0.2, 0.25) is 0 Å². The van der Waals surface area contributed by atoms with E-state index in [1.807, 2.05) is 40.1 Å². The lowest BCUT2D eigenvalue weighted by Crippen LogP contribution is -2.47. The monoisotopic (exact) mass is 251 g/mol. The number of amides is 1. The Morgan fingerprint density at radius 3 is 2.61 bits per heavy atom. The quantitative estimate of drug-likeness (QED) is 0.804. The molecule has 4 heteroatoms. The molecule has 0 spiro atoms. The van der Waals surface area contributed by atoms with Gasteiger partial charge in [0.05, 0.1) is 6.04 Å². The molecule has 0 radical (unpaired) electrons. The molecule has 18 heavy (non-hydrogen) atoms. The second-order valence-corrected chi connectivity index (χ2v) is 5.33. The topological polar surface area (TPSA) is 60.0 Å². The predicted molar refractivity (Wildman–Crippen MR) is 74.2 cm³/mol. The molecule has 0 aliphatic heterocycles. The number of rotatable bonds is 6. The van der Waals surface area contributed by atoms with Crippen molar-refractivity contribution in [1.82, 2.24) is 9.88 Å². The maximum Gasteiger partial charge on any atom is 0.237 e. The number of nitrogens with two attached hydrogens (primary N) is 1. The average molecular weight is 251 g/mol. The van der Waals surface area contributed by atoms with Gasteiger partial charge in [0.25, 0.3) is 0 Å². The van der Waals surface area contributed by atoms with E-state index >= 15 is 0 Å². The van der Waals surface area contributed by atoms with Crippen LogP contribution in [-0.4, -0.2) is 22.6 Å². The maximum absolute atomic E-state index is 11.8. The summed E-state index contributed by atoms with van der Waals surface area (Å²) in [5.74, 6) is 0.120. The van der Waals surface area contributed by atoms with E-state index in [-0.39, 0.29) is 17.9 Å². The van der Waals surface area contributed by atoms with Crippen LogP contribution in [0.4, 0.5) is 0 Å². The molecule has 0 fully saturated rings. The molecule has 0 aliphatic rings. The minimum absolute atomic E-state index is 0.0515. The molecular formula is C14H25N3O. The number of hydrogen-bond donors (Lipinski definition) is 2. The molecule has 1 amide bonds. The van der Waals surface area contributed by atoms with Crippen molar-refractivity contribution in [3.63, 3.8) is 0 Å². The van der Waals surface area contributed by atoms with E-state index in [0.29, 0.717) is 0 Å². The minimum Gasteiger partial charge on any atom is -0.354 e. The van der Waals surface area contributed by atoms with E-state index in [9.17, 15) is 4.79 Å². The second-order valence-electron chi connectivity index (χ2n) is 5.33. The summed E-state index contributed by atoms with van der Waals surface area (Å²) in [5.41, 5.74) is 7.09. The Bertz CT molecular complexity index is 384. The van der Waals surface area contributed by atoms with E-state index in [1.165, 1.54) is 5.69 Å². The SMILES string of the molecule is CC(CCc1cccn1C)NC(=O)[C@@H](N)C(C)C. The normalized spacial score (nSPS) is 14.6. The average Bonchev–Trinajstić information content (AvgIpc) is 2.71. The molecule has 4 nitrogen and oxygen atoms in total. The van der Waals surface area contributed by atoms with Crippen LogP contribution in [0.3, 0.4) is 0 Å². The van der Waals surface area contributed by atoms with Gasteiger partial charge in [0, 0.05) is 25.0 Å². The van der Waals surface area contributed by atoms with Crippen molar-refractivity contribution in [3.05, 3.63) is 24.0 Å². The molecule has 0 saturated carbocycles. The number of hydrogen-bond acceptors (Lipinski definition) is 2. The molecule has 1 aromatic heterocycles. The first-order valence-electron chi connectivity index (χ1n) is 6.58. The van der Waals surface area contributed by atoms with Crippen LogP contribution in [0.5, 0.6) is 0 Å². The summed E-state index contributed by atoms with van der Waals surface area (Å²) in [6.07, 6.45) is 3.92. The van der Waals surface area contributed by atoms with E-state index in [1.54, 1.807) is 0 Å². The number of nitrogens with one attached hydrogen (secondary N) is 1. The van der Waals surface area contributed by atoms with Gasteiger partial charge in [0.2, 0.25) is 5.91 Å². The number of carbonyl (C=O) groups excluding carboxylic acids is 1. The summed E-state index contributed by atoms with van der Waals surface area (Å²) in [7, 11) is 2.03. The summed E-state index contributed by atoms with van der Waals surface area (Å²) in [6.45, 7) is 5.94. The van der Waals surface area contributed by atoms with E-state index in [0.717, 1.165) is 12.8 Å².